The van der Waals surface area contributed by atoms with Crippen LogP contribution < -0.4 is 10.1 Å². The van der Waals surface area contributed by atoms with E-state index >= 15 is 0 Å². The first kappa shape index (κ1) is 22.7. The molecule has 9 heteroatoms. The minimum atomic E-state index is -0.711. The number of nitrogens with zero attached hydrogens (tertiary/aromatic N) is 1. The maximum atomic E-state index is 12.5. The zero-order valence-electron chi connectivity index (χ0n) is 17.9. The average Bonchev–Trinajstić information content (AvgIpc) is 3.09. The Kier molecular flexibility index (Phi) is 7.62. The van der Waals surface area contributed by atoms with Crippen LogP contribution in [0.25, 0.3) is 0 Å². The van der Waals surface area contributed by atoms with Gasteiger partial charge in [0.15, 0.2) is 6.61 Å². The van der Waals surface area contributed by atoms with Gasteiger partial charge in [-0.3, -0.25) is 4.79 Å². The van der Waals surface area contributed by atoms with Gasteiger partial charge in [-0.05, 0) is 56.7 Å². The Hall–Kier alpha value is -2.94. The van der Waals surface area contributed by atoms with Crippen LogP contribution >= 0.6 is 11.3 Å². The van der Waals surface area contributed by atoms with Crippen molar-refractivity contribution in [3.05, 3.63) is 39.9 Å². The lowest BCUT2D eigenvalue weighted by atomic mass is 9.88. The van der Waals surface area contributed by atoms with Gasteiger partial charge in [-0.15, -0.1) is 11.3 Å². The molecular formula is C22H26N2O6S. The van der Waals surface area contributed by atoms with Gasteiger partial charge in [-0.2, -0.15) is 0 Å². The second kappa shape index (κ2) is 10.4. The van der Waals surface area contributed by atoms with Gasteiger partial charge in [0, 0.05) is 11.1 Å². The molecule has 1 aliphatic carbocycles. The largest absolute Gasteiger partial charge is 0.477 e. The smallest absolute Gasteiger partial charge is 0.344 e. The summed E-state index contributed by atoms with van der Waals surface area (Å²) in [5.41, 5.74) is 1.51. The number of carbonyl (C=O) groups is 3. The van der Waals surface area contributed by atoms with Crippen molar-refractivity contribution in [1.82, 2.24) is 4.98 Å². The van der Waals surface area contributed by atoms with Crippen molar-refractivity contribution in [2.75, 3.05) is 25.1 Å². The van der Waals surface area contributed by atoms with Crippen LogP contribution in [-0.4, -0.2) is 42.7 Å². The second-order valence-electron chi connectivity index (χ2n) is 7.19. The molecule has 0 aromatic carbocycles. The fourth-order valence-electron chi connectivity index (χ4n) is 3.43. The summed E-state index contributed by atoms with van der Waals surface area (Å²) < 4.78 is 15.7. The Morgan fingerprint density at radius 2 is 2.00 bits per heavy atom. The molecular weight excluding hydrogens is 420 g/mol. The first-order valence-electron chi connectivity index (χ1n) is 10.3. The number of thiophene rings is 1. The summed E-state index contributed by atoms with van der Waals surface area (Å²) in [4.78, 5) is 42.5. The van der Waals surface area contributed by atoms with Crippen LogP contribution in [0.4, 0.5) is 5.00 Å². The molecule has 0 fully saturated rings. The van der Waals surface area contributed by atoms with Crippen molar-refractivity contribution in [2.45, 2.75) is 40.0 Å². The van der Waals surface area contributed by atoms with Crippen LogP contribution in [0.2, 0.25) is 0 Å². The van der Waals surface area contributed by atoms with Crippen molar-refractivity contribution < 1.29 is 28.6 Å². The number of nitrogens with one attached hydrogen (secondary N) is 1. The minimum absolute atomic E-state index is 0.143. The number of esters is 2. The summed E-state index contributed by atoms with van der Waals surface area (Å²) in [6, 6.07) is 3.10. The molecule has 1 N–H and O–H groups in total. The summed E-state index contributed by atoms with van der Waals surface area (Å²) in [6.45, 7) is 5.78. The standard InChI is InChI=1S/C22H26N2O6S/c1-4-28-19-15(7-6-10-23-19)21(26)30-12-17(25)24-20-18(22(27)29-5-2)14-9-8-13(3)11-16(14)31-20/h6-7,10,13H,4-5,8-9,11-12H2,1-3H3,(H,24,25)/t13-/m1/s1. The van der Waals surface area contributed by atoms with Gasteiger partial charge < -0.3 is 19.5 Å². The zero-order chi connectivity index (χ0) is 22.4. The molecule has 1 aliphatic rings. The summed E-state index contributed by atoms with van der Waals surface area (Å²) in [6.07, 6.45) is 4.12. The Morgan fingerprint density at radius 3 is 2.74 bits per heavy atom. The summed E-state index contributed by atoms with van der Waals surface area (Å²) >= 11 is 1.38. The number of carbonyl (C=O) groups excluding carboxylic acids is 3. The first-order valence-corrected chi connectivity index (χ1v) is 11.1. The van der Waals surface area contributed by atoms with Crippen molar-refractivity contribution in [3.63, 3.8) is 0 Å². The van der Waals surface area contributed by atoms with E-state index in [1.165, 1.54) is 23.6 Å². The number of fused-ring (bicyclic) bond motifs is 1. The van der Waals surface area contributed by atoms with E-state index in [2.05, 4.69) is 17.2 Å². The quantitative estimate of drug-likeness (QED) is 0.618. The van der Waals surface area contributed by atoms with Crippen LogP contribution in [-0.2, 0) is 27.1 Å². The molecule has 0 spiro atoms. The normalized spacial score (nSPS) is 15.0. The predicted molar refractivity (Wildman–Crippen MR) is 116 cm³/mol. The fourth-order valence-corrected chi connectivity index (χ4v) is 4.84. The van der Waals surface area contributed by atoms with Crippen LogP contribution in [0, 0.1) is 5.92 Å². The summed E-state index contributed by atoms with van der Waals surface area (Å²) in [7, 11) is 0. The monoisotopic (exact) mass is 446 g/mol. The van der Waals surface area contributed by atoms with Crippen LogP contribution in [0.1, 0.15) is 58.3 Å². The highest BCUT2D eigenvalue weighted by Crippen LogP contribution is 2.40. The summed E-state index contributed by atoms with van der Waals surface area (Å²) in [5, 5.41) is 3.16. The van der Waals surface area contributed by atoms with Crippen LogP contribution in [0.15, 0.2) is 18.3 Å². The molecule has 1 amide bonds. The fraction of sp³-hybridized carbons (Fsp3) is 0.455. The maximum absolute atomic E-state index is 12.5. The number of ether oxygens (including phenoxy) is 3. The third-order valence-electron chi connectivity index (χ3n) is 4.85. The SMILES string of the molecule is CCOC(=O)c1c(NC(=O)COC(=O)c2cccnc2OCC)sc2c1CC[C@@H](C)C2. The Balaban J connectivity index is 1.70. The summed E-state index contributed by atoms with van der Waals surface area (Å²) in [5.74, 6) is -1.02. The van der Waals surface area contributed by atoms with Gasteiger partial charge in [0.05, 0.1) is 18.8 Å². The molecule has 0 aliphatic heterocycles. The van der Waals surface area contributed by atoms with E-state index in [-0.39, 0.29) is 18.1 Å². The van der Waals surface area contributed by atoms with Crippen molar-refractivity contribution in [2.24, 2.45) is 5.92 Å². The van der Waals surface area contributed by atoms with Gasteiger partial charge in [0.25, 0.3) is 5.91 Å². The molecule has 2 heterocycles. The molecule has 3 rings (SSSR count). The van der Waals surface area contributed by atoms with Gasteiger partial charge >= 0.3 is 11.9 Å². The highest BCUT2D eigenvalue weighted by Gasteiger charge is 2.29. The minimum Gasteiger partial charge on any atom is -0.477 e. The topological polar surface area (TPSA) is 104 Å². The van der Waals surface area contributed by atoms with E-state index in [0.717, 1.165) is 29.7 Å². The lowest BCUT2D eigenvalue weighted by Crippen LogP contribution is -2.22. The van der Waals surface area contributed by atoms with Gasteiger partial charge in [0.2, 0.25) is 5.88 Å². The van der Waals surface area contributed by atoms with E-state index in [4.69, 9.17) is 14.2 Å². The second-order valence-corrected chi connectivity index (χ2v) is 8.29. The molecule has 8 nitrogen and oxygen atoms in total. The van der Waals surface area contributed by atoms with Crippen molar-refractivity contribution in [3.8, 4) is 5.88 Å². The highest BCUT2D eigenvalue weighted by molar-refractivity contribution is 7.17. The molecule has 1 atom stereocenters. The van der Waals surface area contributed by atoms with E-state index in [0.29, 0.717) is 23.1 Å². The molecule has 0 saturated carbocycles. The number of hydrogen-bond acceptors (Lipinski definition) is 8. The molecule has 31 heavy (non-hydrogen) atoms. The zero-order valence-corrected chi connectivity index (χ0v) is 18.7. The first-order chi connectivity index (χ1) is 14.9. The number of aromatic nitrogens is 1. The number of amides is 1. The van der Waals surface area contributed by atoms with E-state index in [9.17, 15) is 14.4 Å². The average molecular weight is 447 g/mol. The molecule has 2 aromatic rings. The molecule has 2 aromatic heterocycles. The number of rotatable bonds is 8. The Labute approximate surface area is 184 Å². The van der Waals surface area contributed by atoms with Crippen LogP contribution in [0.3, 0.4) is 0 Å². The molecule has 0 bridgehead atoms. The maximum Gasteiger partial charge on any atom is 0.344 e. The van der Waals surface area contributed by atoms with E-state index in [1.807, 2.05) is 0 Å². The molecule has 0 saturated heterocycles. The number of anilines is 1. The molecule has 0 unspecified atom stereocenters. The third kappa shape index (κ3) is 5.41. The molecule has 0 radical (unpaired) electrons. The van der Waals surface area contributed by atoms with E-state index in [1.54, 1.807) is 19.9 Å². The lowest BCUT2D eigenvalue weighted by Gasteiger charge is -2.18. The Morgan fingerprint density at radius 1 is 1.19 bits per heavy atom. The van der Waals surface area contributed by atoms with Crippen LogP contribution in [0.5, 0.6) is 5.88 Å². The number of pyridine rings is 1. The van der Waals surface area contributed by atoms with E-state index < -0.39 is 24.5 Å². The van der Waals surface area contributed by atoms with Crippen molar-refractivity contribution in [1.29, 1.82) is 0 Å². The Bertz CT molecular complexity index is 971. The van der Waals surface area contributed by atoms with Gasteiger partial charge in [-0.1, -0.05) is 6.92 Å². The highest BCUT2D eigenvalue weighted by atomic mass is 32.1. The molecule has 166 valence electrons. The van der Waals surface area contributed by atoms with Crippen molar-refractivity contribution >= 4 is 34.2 Å². The van der Waals surface area contributed by atoms with Gasteiger partial charge in [0.1, 0.15) is 10.6 Å². The predicted octanol–water partition coefficient (Wildman–Crippen LogP) is 3.64. The lowest BCUT2D eigenvalue weighted by molar-refractivity contribution is -0.119. The van der Waals surface area contributed by atoms with Gasteiger partial charge in [-0.25, -0.2) is 14.6 Å². The number of hydrogen-bond donors (Lipinski definition) is 1. The third-order valence-corrected chi connectivity index (χ3v) is 6.02.